The molecule has 7 heteroatoms. The number of carbonyl (C=O) groups is 1. The van der Waals surface area contributed by atoms with Crippen LogP contribution in [-0.4, -0.2) is 41.7 Å². The van der Waals surface area contributed by atoms with Crippen LogP contribution in [0.1, 0.15) is 15.9 Å². The molecular weight excluding hydrogens is 361 g/mol. The van der Waals surface area contributed by atoms with Gasteiger partial charge in [-0.05, 0) is 42.0 Å². The van der Waals surface area contributed by atoms with Gasteiger partial charge in [-0.3, -0.25) is 14.5 Å². The second-order valence-corrected chi connectivity index (χ2v) is 6.82. The van der Waals surface area contributed by atoms with Crippen molar-refractivity contribution < 1.29 is 13.9 Å². The number of morpholine rings is 1. The molecule has 0 atom stereocenters. The predicted molar refractivity (Wildman–Crippen MR) is 104 cm³/mol. The topological polar surface area (TPSA) is 77.6 Å². The first kappa shape index (κ1) is 18.3. The van der Waals surface area contributed by atoms with E-state index in [9.17, 15) is 14.0 Å². The first-order valence-electron chi connectivity index (χ1n) is 9.07. The molecule has 1 fully saturated rings. The molecule has 2 N–H and O–H groups in total. The third-order valence-electron chi connectivity index (χ3n) is 4.95. The lowest BCUT2D eigenvalue weighted by molar-refractivity contribution is 0.0342. The molecule has 1 aliphatic heterocycles. The number of benzene rings is 2. The number of primary amides is 1. The van der Waals surface area contributed by atoms with E-state index < -0.39 is 11.3 Å². The molecule has 0 bridgehead atoms. The Balaban J connectivity index is 1.85. The van der Waals surface area contributed by atoms with E-state index in [4.69, 9.17) is 10.5 Å². The highest BCUT2D eigenvalue weighted by atomic mass is 19.1. The van der Waals surface area contributed by atoms with E-state index in [1.807, 2.05) is 12.1 Å². The van der Waals surface area contributed by atoms with Gasteiger partial charge in [0.05, 0.1) is 18.7 Å². The summed E-state index contributed by atoms with van der Waals surface area (Å²) in [5.74, 6) is -1.15. The molecule has 6 nitrogen and oxygen atoms in total. The number of nitrogens with zero attached hydrogens (tertiary/aromatic N) is 2. The van der Waals surface area contributed by atoms with Crippen molar-refractivity contribution in [1.82, 2.24) is 9.47 Å². The summed E-state index contributed by atoms with van der Waals surface area (Å²) in [5.41, 5.74) is 7.17. The van der Waals surface area contributed by atoms with Crippen molar-refractivity contribution in [2.24, 2.45) is 5.73 Å². The first-order valence-corrected chi connectivity index (χ1v) is 9.07. The number of halogens is 1. The fourth-order valence-corrected chi connectivity index (χ4v) is 3.48. The van der Waals surface area contributed by atoms with E-state index in [2.05, 4.69) is 4.90 Å². The maximum absolute atomic E-state index is 13.3. The Morgan fingerprint density at radius 2 is 1.82 bits per heavy atom. The lowest BCUT2D eigenvalue weighted by Crippen LogP contribution is -2.35. The van der Waals surface area contributed by atoms with Crippen molar-refractivity contribution in [2.75, 3.05) is 26.3 Å². The molecular formula is C21H20FN3O3. The molecule has 0 aliphatic carbocycles. The lowest BCUT2D eigenvalue weighted by Gasteiger charge is -2.26. The molecule has 2 aromatic carbocycles. The fourth-order valence-electron chi connectivity index (χ4n) is 3.48. The molecule has 0 radical (unpaired) electrons. The molecule has 1 aliphatic rings. The van der Waals surface area contributed by atoms with E-state index >= 15 is 0 Å². The van der Waals surface area contributed by atoms with Crippen molar-refractivity contribution in [2.45, 2.75) is 6.54 Å². The maximum atomic E-state index is 13.3. The van der Waals surface area contributed by atoms with E-state index in [-0.39, 0.29) is 11.4 Å². The van der Waals surface area contributed by atoms with Gasteiger partial charge in [0, 0.05) is 36.9 Å². The van der Waals surface area contributed by atoms with Crippen LogP contribution >= 0.6 is 0 Å². The van der Waals surface area contributed by atoms with Crippen LogP contribution in [0, 0.1) is 5.82 Å². The van der Waals surface area contributed by atoms with Crippen molar-refractivity contribution in [3.8, 4) is 5.69 Å². The molecule has 0 unspecified atom stereocenters. The van der Waals surface area contributed by atoms with Gasteiger partial charge in [0.1, 0.15) is 11.4 Å². The van der Waals surface area contributed by atoms with Gasteiger partial charge in [0.2, 0.25) is 5.43 Å². The molecule has 4 rings (SSSR count). The Bertz CT molecular complexity index is 1090. The van der Waals surface area contributed by atoms with Gasteiger partial charge in [-0.15, -0.1) is 0 Å². The van der Waals surface area contributed by atoms with Crippen molar-refractivity contribution in [3.05, 3.63) is 75.8 Å². The van der Waals surface area contributed by atoms with Gasteiger partial charge >= 0.3 is 0 Å². The number of rotatable bonds is 4. The molecule has 0 saturated carbocycles. The molecule has 1 saturated heterocycles. The summed E-state index contributed by atoms with van der Waals surface area (Å²) in [6.45, 7) is 3.74. The summed E-state index contributed by atoms with van der Waals surface area (Å²) in [6, 6.07) is 11.4. The zero-order valence-corrected chi connectivity index (χ0v) is 15.2. The average molecular weight is 381 g/mol. The van der Waals surface area contributed by atoms with Crippen LogP contribution < -0.4 is 11.2 Å². The minimum atomic E-state index is -0.790. The number of ether oxygens (including phenoxy) is 1. The Morgan fingerprint density at radius 1 is 1.11 bits per heavy atom. The standard InChI is InChI=1S/C21H20FN3O3/c22-15-2-4-16(5-3-15)25-13-18(21(23)27)20(26)17-11-14(1-6-19(17)25)12-24-7-9-28-10-8-24/h1-6,11,13H,7-10,12H2,(H2,23,27). The van der Waals surface area contributed by atoms with Crippen molar-refractivity contribution >= 4 is 16.8 Å². The maximum Gasteiger partial charge on any atom is 0.254 e. The molecule has 0 spiro atoms. The van der Waals surface area contributed by atoms with E-state index in [1.54, 1.807) is 22.8 Å². The highest BCUT2D eigenvalue weighted by Gasteiger charge is 2.16. The molecule has 28 heavy (non-hydrogen) atoms. The summed E-state index contributed by atoms with van der Waals surface area (Å²) < 4.78 is 20.4. The zero-order valence-electron chi connectivity index (χ0n) is 15.2. The highest BCUT2D eigenvalue weighted by Crippen LogP contribution is 2.20. The monoisotopic (exact) mass is 381 g/mol. The largest absolute Gasteiger partial charge is 0.379 e. The Morgan fingerprint density at radius 3 is 2.50 bits per heavy atom. The number of fused-ring (bicyclic) bond motifs is 1. The second-order valence-electron chi connectivity index (χ2n) is 6.82. The number of hydrogen-bond acceptors (Lipinski definition) is 4. The molecule has 2 heterocycles. The Hall–Kier alpha value is -3.03. The Labute approximate surface area is 160 Å². The number of pyridine rings is 1. The van der Waals surface area contributed by atoms with Crippen LogP contribution in [0.3, 0.4) is 0 Å². The van der Waals surface area contributed by atoms with Gasteiger partial charge in [-0.2, -0.15) is 0 Å². The van der Waals surface area contributed by atoms with Gasteiger partial charge in [0.15, 0.2) is 0 Å². The molecule has 1 aromatic heterocycles. The minimum absolute atomic E-state index is 0.0969. The lowest BCUT2D eigenvalue weighted by atomic mass is 10.1. The highest BCUT2D eigenvalue weighted by molar-refractivity contribution is 5.96. The third-order valence-corrected chi connectivity index (χ3v) is 4.95. The molecule has 1 amide bonds. The fraction of sp³-hybridized carbons (Fsp3) is 0.238. The zero-order chi connectivity index (χ0) is 19.7. The van der Waals surface area contributed by atoms with Crippen LogP contribution in [-0.2, 0) is 11.3 Å². The first-order chi connectivity index (χ1) is 13.5. The van der Waals surface area contributed by atoms with Crippen LogP contribution in [0.5, 0.6) is 0 Å². The van der Waals surface area contributed by atoms with Crippen LogP contribution in [0.25, 0.3) is 16.6 Å². The van der Waals surface area contributed by atoms with E-state index in [1.165, 1.54) is 18.3 Å². The number of amides is 1. The predicted octanol–water partition coefficient (Wildman–Crippen LogP) is 2.06. The van der Waals surface area contributed by atoms with Crippen molar-refractivity contribution in [3.63, 3.8) is 0 Å². The summed E-state index contributed by atoms with van der Waals surface area (Å²) >= 11 is 0. The minimum Gasteiger partial charge on any atom is -0.379 e. The van der Waals surface area contributed by atoms with Crippen LogP contribution in [0.2, 0.25) is 0 Å². The quantitative estimate of drug-likeness (QED) is 0.751. The number of hydrogen-bond donors (Lipinski definition) is 1. The van der Waals surface area contributed by atoms with Crippen LogP contribution in [0.4, 0.5) is 4.39 Å². The summed E-state index contributed by atoms with van der Waals surface area (Å²) in [5, 5.41) is 0.409. The van der Waals surface area contributed by atoms with Gasteiger partial charge in [-0.25, -0.2) is 4.39 Å². The molecule has 3 aromatic rings. The number of nitrogens with two attached hydrogens (primary N) is 1. The molecule has 144 valence electrons. The summed E-state index contributed by atoms with van der Waals surface area (Å²) in [4.78, 5) is 26.9. The second kappa shape index (κ2) is 7.53. The van der Waals surface area contributed by atoms with Gasteiger partial charge in [-0.1, -0.05) is 6.07 Å². The summed E-state index contributed by atoms with van der Waals surface area (Å²) in [6.07, 6.45) is 1.42. The van der Waals surface area contributed by atoms with E-state index in [0.29, 0.717) is 36.3 Å². The smallest absolute Gasteiger partial charge is 0.254 e. The SMILES string of the molecule is NC(=O)c1cn(-c2ccc(F)cc2)c2ccc(CN3CCOCC3)cc2c1=O. The van der Waals surface area contributed by atoms with Crippen molar-refractivity contribution in [1.29, 1.82) is 0 Å². The Kier molecular flexibility index (Phi) is 4.93. The normalized spacial score (nSPS) is 15.0. The van der Waals surface area contributed by atoms with Gasteiger partial charge in [0.25, 0.3) is 5.91 Å². The third kappa shape index (κ3) is 3.54. The van der Waals surface area contributed by atoms with Crippen LogP contribution in [0.15, 0.2) is 53.5 Å². The number of carbonyl (C=O) groups excluding carboxylic acids is 1. The average Bonchev–Trinajstić information content (AvgIpc) is 2.70. The summed E-state index contributed by atoms with van der Waals surface area (Å²) in [7, 11) is 0. The van der Waals surface area contributed by atoms with E-state index in [0.717, 1.165) is 18.7 Å². The van der Waals surface area contributed by atoms with Gasteiger partial charge < -0.3 is 15.0 Å². The number of aromatic nitrogens is 1.